The first-order chi connectivity index (χ1) is 10.1. The normalized spacial score (nSPS) is 18.5. The molecule has 2 aromatic rings. The molecule has 0 bridgehead atoms. The van der Waals surface area contributed by atoms with Crippen LogP contribution in [0.4, 0.5) is 5.69 Å². The molecule has 2 heterocycles. The number of para-hydroxylation sites is 1. The molecule has 0 spiro atoms. The Bertz CT molecular complexity index is 650. The van der Waals surface area contributed by atoms with Gasteiger partial charge in [-0.2, -0.15) is 0 Å². The van der Waals surface area contributed by atoms with Crippen LogP contribution >= 0.6 is 0 Å². The Morgan fingerprint density at radius 1 is 1.48 bits per heavy atom. The summed E-state index contributed by atoms with van der Waals surface area (Å²) in [5, 5.41) is 6.32. The third-order valence-electron chi connectivity index (χ3n) is 3.77. The number of oxazole rings is 1. The quantitative estimate of drug-likeness (QED) is 0.910. The van der Waals surface area contributed by atoms with E-state index in [-0.39, 0.29) is 17.9 Å². The number of rotatable bonds is 3. The van der Waals surface area contributed by atoms with Gasteiger partial charge in [-0.1, -0.05) is 18.2 Å². The second-order valence-corrected chi connectivity index (χ2v) is 5.39. The summed E-state index contributed by atoms with van der Waals surface area (Å²) in [5.41, 5.74) is 2.10. The Labute approximate surface area is 123 Å². The van der Waals surface area contributed by atoms with Gasteiger partial charge in [-0.05, 0) is 31.9 Å². The van der Waals surface area contributed by atoms with Gasteiger partial charge in [0.2, 0.25) is 11.8 Å². The first kappa shape index (κ1) is 13.7. The van der Waals surface area contributed by atoms with Crippen LogP contribution in [0.15, 0.2) is 34.9 Å². The fourth-order valence-electron chi connectivity index (χ4n) is 2.69. The molecule has 1 aliphatic rings. The lowest BCUT2D eigenvalue weighted by Gasteiger charge is -2.26. The molecule has 0 saturated heterocycles. The van der Waals surface area contributed by atoms with Crippen molar-refractivity contribution in [3.8, 4) is 0 Å². The highest BCUT2D eigenvalue weighted by atomic mass is 16.4. The monoisotopic (exact) mass is 285 g/mol. The summed E-state index contributed by atoms with van der Waals surface area (Å²) in [5.74, 6) is 1.19. The summed E-state index contributed by atoms with van der Waals surface area (Å²) < 4.78 is 5.46. The van der Waals surface area contributed by atoms with Crippen molar-refractivity contribution < 1.29 is 9.21 Å². The molecule has 0 aliphatic carbocycles. The number of nitrogens with one attached hydrogen (secondary N) is 2. The summed E-state index contributed by atoms with van der Waals surface area (Å²) in [6, 6.07) is 7.73. The molecule has 2 unspecified atom stereocenters. The number of amides is 1. The molecule has 0 fully saturated rings. The Hall–Kier alpha value is -2.30. The van der Waals surface area contributed by atoms with E-state index in [0.29, 0.717) is 5.89 Å². The molecule has 21 heavy (non-hydrogen) atoms. The number of carbonyl (C=O) groups is 1. The van der Waals surface area contributed by atoms with Crippen molar-refractivity contribution in [1.82, 2.24) is 10.3 Å². The van der Waals surface area contributed by atoms with Crippen molar-refractivity contribution in [2.24, 2.45) is 0 Å². The lowest BCUT2D eigenvalue weighted by Crippen LogP contribution is -2.34. The number of hydrogen-bond acceptors (Lipinski definition) is 4. The van der Waals surface area contributed by atoms with E-state index in [0.717, 1.165) is 30.0 Å². The van der Waals surface area contributed by atoms with Gasteiger partial charge in [-0.15, -0.1) is 0 Å². The van der Waals surface area contributed by atoms with E-state index < -0.39 is 0 Å². The average Bonchev–Trinajstić information content (AvgIpc) is 2.93. The fraction of sp³-hybridized carbons (Fsp3) is 0.375. The number of aromatic nitrogens is 1. The van der Waals surface area contributed by atoms with Crippen molar-refractivity contribution >= 4 is 11.6 Å². The second kappa shape index (κ2) is 5.60. The number of carbonyl (C=O) groups excluding carboxylic acids is 1. The third kappa shape index (κ3) is 2.77. The fourth-order valence-corrected chi connectivity index (χ4v) is 2.69. The summed E-state index contributed by atoms with van der Waals surface area (Å²) in [6.07, 6.45) is 2.46. The van der Waals surface area contributed by atoms with E-state index in [4.69, 9.17) is 4.42 Å². The molecule has 1 amide bonds. The highest BCUT2D eigenvalue weighted by molar-refractivity contribution is 5.86. The first-order valence-electron chi connectivity index (χ1n) is 7.20. The molecular weight excluding hydrogens is 266 g/mol. The van der Waals surface area contributed by atoms with E-state index in [1.807, 2.05) is 38.1 Å². The predicted molar refractivity (Wildman–Crippen MR) is 80.1 cm³/mol. The van der Waals surface area contributed by atoms with Gasteiger partial charge in [0.1, 0.15) is 11.8 Å². The Kier molecular flexibility index (Phi) is 3.64. The Morgan fingerprint density at radius 2 is 2.29 bits per heavy atom. The van der Waals surface area contributed by atoms with Crippen molar-refractivity contribution in [2.75, 3.05) is 11.9 Å². The van der Waals surface area contributed by atoms with Crippen LogP contribution in [0, 0.1) is 6.92 Å². The smallest absolute Gasteiger partial charge is 0.228 e. The minimum atomic E-state index is -0.228. The van der Waals surface area contributed by atoms with Crippen LogP contribution in [0.5, 0.6) is 0 Å². The summed E-state index contributed by atoms with van der Waals surface area (Å²) in [7, 11) is 0. The number of anilines is 1. The van der Waals surface area contributed by atoms with Crippen molar-refractivity contribution in [1.29, 1.82) is 0 Å². The standard InChI is InChI=1S/C16H19N3O2/c1-10-9-18-16(21-10)11(2)19-15(20)13-7-8-17-14-6-4-3-5-12(13)14/h3-6,9,11,13,17H,7-8H2,1-2H3,(H,19,20). The van der Waals surface area contributed by atoms with Crippen LogP contribution in [-0.2, 0) is 4.79 Å². The number of hydrogen-bond donors (Lipinski definition) is 2. The molecular formula is C16H19N3O2. The maximum Gasteiger partial charge on any atom is 0.228 e. The lowest BCUT2D eigenvalue weighted by atomic mass is 9.90. The van der Waals surface area contributed by atoms with Crippen LogP contribution in [0.1, 0.15) is 42.5 Å². The molecule has 0 saturated carbocycles. The van der Waals surface area contributed by atoms with Gasteiger partial charge in [0.25, 0.3) is 0 Å². The predicted octanol–water partition coefficient (Wildman–Crippen LogP) is 2.76. The molecule has 2 atom stereocenters. The van der Waals surface area contributed by atoms with E-state index in [1.165, 1.54) is 0 Å². The van der Waals surface area contributed by atoms with E-state index in [2.05, 4.69) is 15.6 Å². The van der Waals surface area contributed by atoms with E-state index >= 15 is 0 Å². The molecule has 5 nitrogen and oxygen atoms in total. The van der Waals surface area contributed by atoms with Gasteiger partial charge in [0.15, 0.2) is 0 Å². The maximum absolute atomic E-state index is 12.5. The number of nitrogens with zero attached hydrogens (tertiary/aromatic N) is 1. The van der Waals surface area contributed by atoms with Crippen LogP contribution < -0.4 is 10.6 Å². The van der Waals surface area contributed by atoms with Crippen molar-refractivity contribution in [2.45, 2.75) is 32.2 Å². The van der Waals surface area contributed by atoms with Crippen LogP contribution in [-0.4, -0.2) is 17.4 Å². The molecule has 1 aromatic carbocycles. The van der Waals surface area contributed by atoms with Gasteiger partial charge < -0.3 is 15.1 Å². The summed E-state index contributed by atoms with van der Waals surface area (Å²) in [6.45, 7) is 4.53. The lowest BCUT2D eigenvalue weighted by molar-refractivity contribution is -0.123. The Morgan fingerprint density at radius 3 is 3.05 bits per heavy atom. The minimum Gasteiger partial charge on any atom is -0.444 e. The van der Waals surface area contributed by atoms with Gasteiger partial charge in [0.05, 0.1) is 12.1 Å². The largest absolute Gasteiger partial charge is 0.444 e. The van der Waals surface area contributed by atoms with Gasteiger partial charge in [-0.25, -0.2) is 4.98 Å². The summed E-state index contributed by atoms with van der Waals surface area (Å²) in [4.78, 5) is 16.7. The van der Waals surface area contributed by atoms with Crippen molar-refractivity contribution in [3.63, 3.8) is 0 Å². The molecule has 5 heteroatoms. The third-order valence-corrected chi connectivity index (χ3v) is 3.77. The zero-order valence-corrected chi connectivity index (χ0v) is 12.2. The first-order valence-corrected chi connectivity index (χ1v) is 7.20. The molecule has 1 aromatic heterocycles. The number of benzene rings is 1. The minimum absolute atomic E-state index is 0.0207. The molecule has 0 radical (unpaired) electrons. The van der Waals surface area contributed by atoms with E-state index in [9.17, 15) is 4.79 Å². The summed E-state index contributed by atoms with van der Waals surface area (Å²) >= 11 is 0. The zero-order valence-electron chi connectivity index (χ0n) is 12.2. The molecule has 3 rings (SSSR count). The zero-order chi connectivity index (χ0) is 14.8. The Balaban J connectivity index is 1.74. The van der Waals surface area contributed by atoms with Crippen LogP contribution in [0.3, 0.4) is 0 Å². The average molecular weight is 285 g/mol. The van der Waals surface area contributed by atoms with Crippen LogP contribution in [0.25, 0.3) is 0 Å². The van der Waals surface area contributed by atoms with Crippen molar-refractivity contribution in [3.05, 3.63) is 47.7 Å². The molecule has 1 aliphatic heterocycles. The topological polar surface area (TPSA) is 67.2 Å². The highest BCUT2D eigenvalue weighted by Gasteiger charge is 2.27. The highest BCUT2D eigenvalue weighted by Crippen LogP contribution is 2.31. The SMILES string of the molecule is Cc1cnc(C(C)NC(=O)C2CCNc3ccccc32)o1. The van der Waals surface area contributed by atoms with Gasteiger partial charge >= 0.3 is 0 Å². The second-order valence-electron chi connectivity index (χ2n) is 5.39. The number of fused-ring (bicyclic) bond motifs is 1. The molecule has 2 N–H and O–H groups in total. The van der Waals surface area contributed by atoms with Crippen LogP contribution in [0.2, 0.25) is 0 Å². The number of aryl methyl sites for hydroxylation is 1. The maximum atomic E-state index is 12.5. The van der Waals surface area contributed by atoms with Gasteiger partial charge in [-0.3, -0.25) is 4.79 Å². The van der Waals surface area contributed by atoms with Gasteiger partial charge in [0, 0.05) is 12.2 Å². The molecule has 110 valence electrons. The van der Waals surface area contributed by atoms with E-state index in [1.54, 1.807) is 6.20 Å².